The van der Waals surface area contributed by atoms with Crippen LogP contribution in [0.4, 0.5) is 0 Å². The monoisotopic (exact) mass is 329 g/mol. The van der Waals surface area contributed by atoms with Crippen molar-refractivity contribution in [3.63, 3.8) is 0 Å². The summed E-state index contributed by atoms with van der Waals surface area (Å²) in [4.78, 5) is 34.5. The molecule has 11 heteroatoms. The van der Waals surface area contributed by atoms with Gasteiger partial charge in [0.05, 0.1) is 12.7 Å². The number of phosphoric ester groups is 1. The second kappa shape index (κ2) is 4.87. The fourth-order valence-corrected chi connectivity index (χ4v) is 3.67. The molecule has 22 heavy (non-hydrogen) atoms. The number of fused-ring (bicyclic) bond motifs is 1. The van der Waals surface area contributed by atoms with Crippen molar-refractivity contribution >= 4 is 7.82 Å². The number of hydrogen-bond acceptors (Lipinski definition) is 7. The Labute approximate surface area is 123 Å². The molecule has 2 fully saturated rings. The number of nitriles is 1. The molecule has 1 unspecified atom stereocenters. The average Bonchev–Trinajstić information content (AvgIpc) is 2.72. The Kier molecular flexibility index (Phi) is 3.36. The van der Waals surface area contributed by atoms with Crippen molar-refractivity contribution in [1.82, 2.24) is 9.55 Å². The lowest BCUT2D eigenvalue weighted by molar-refractivity contribution is -0.0682. The van der Waals surface area contributed by atoms with Crippen molar-refractivity contribution < 1.29 is 23.2 Å². The van der Waals surface area contributed by atoms with Crippen LogP contribution in [0.1, 0.15) is 13.2 Å². The molecule has 2 saturated heterocycles. The van der Waals surface area contributed by atoms with E-state index in [2.05, 4.69) is 9.51 Å². The number of nitrogens with one attached hydrogen (secondary N) is 1. The van der Waals surface area contributed by atoms with E-state index in [0.717, 1.165) is 10.6 Å². The standard InChI is InChI=1S/C11H12N3O7P/c1-11(5-12)8-6(4-19-22(17,18)21-8)20-9(11)14-3-2-7(15)13-10(14)16/h2-3,6,8-9H,4H2,1H3,(H,17,18)(H,13,15,16)/t6-,8-,9-,11-/m1/s1. The van der Waals surface area contributed by atoms with Gasteiger partial charge in [-0.25, -0.2) is 9.36 Å². The maximum Gasteiger partial charge on any atom is 0.472 e. The number of rotatable bonds is 1. The molecular weight excluding hydrogens is 317 g/mol. The molecule has 3 rings (SSSR count). The minimum Gasteiger partial charge on any atom is -0.348 e. The molecule has 1 aromatic heterocycles. The lowest BCUT2D eigenvalue weighted by Gasteiger charge is -2.32. The summed E-state index contributed by atoms with van der Waals surface area (Å²) < 4.78 is 27.8. The van der Waals surface area contributed by atoms with Gasteiger partial charge in [0.15, 0.2) is 6.23 Å². The van der Waals surface area contributed by atoms with Gasteiger partial charge in [-0.2, -0.15) is 5.26 Å². The smallest absolute Gasteiger partial charge is 0.348 e. The zero-order valence-corrected chi connectivity index (χ0v) is 12.2. The Morgan fingerprint density at radius 1 is 1.59 bits per heavy atom. The van der Waals surface area contributed by atoms with Gasteiger partial charge in [0, 0.05) is 12.3 Å². The van der Waals surface area contributed by atoms with Gasteiger partial charge in [0.25, 0.3) is 5.56 Å². The Bertz CT molecular complexity index is 811. The van der Waals surface area contributed by atoms with Crippen molar-refractivity contribution in [3.05, 3.63) is 33.1 Å². The van der Waals surface area contributed by atoms with E-state index in [1.165, 1.54) is 13.1 Å². The van der Waals surface area contributed by atoms with E-state index >= 15 is 0 Å². The lowest BCUT2D eigenvalue weighted by atomic mass is 9.84. The van der Waals surface area contributed by atoms with Crippen LogP contribution in [0, 0.1) is 16.7 Å². The fraction of sp³-hybridized carbons (Fsp3) is 0.545. The molecule has 5 atom stereocenters. The molecule has 118 valence electrons. The average molecular weight is 329 g/mol. The van der Waals surface area contributed by atoms with Crippen LogP contribution in [0.3, 0.4) is 0 Å². The van der Waals surface area contributed by atoms with Crippen LogP contribution >= 0.6 is 7.82 Å². The number of ether oxygens (including phenoxy) is 1. The van der Waals surface area contributed by atoms with E-state index in [0.29, 0.717) is 0 Å². The number of H-pyrrole nitrogens is 1. The molecule has 2 aliphatic heterocycles. The first-order chi connectivity index (χ1) is 10.3. The highest BCUT2D eigenvalue weighted by Gasteiger charge is 2.60. The number of phosphoric acid groups is 1. The summed E-state index contributed by atoms with van der Waals surface area (Å²) in [6.45, 7) is 1.20. The van der Waals surface area contributed by atoms with E-state index in [-0.39, 0.29) is 6.61 Å². The third kappa shape index (κ3) is 2.24. The van der Waals surface area contributed by atoms with Gasteiger partial charge in [-0.1, -0.05) is 0 Å². The number of aromatic nitrogens is 2. The van der Waals surface area contributed by atoms with Crippen LogP contribution in [0.25, 0.3) is 0 Å². The highest BCUT2D eigenvalue weighted by atomic mass is 31.2. The highest BCUT2D eigenvalue weighted by molar-refractivity contribution is 7.47. The Hall–Kier alpha value is -1.76. The summed E-state index contributed by atoms with van der Waals surface area (Å²) in [5.74, 6) is 0. The molecule has 0 aliphatic carbocycles. The number of aromatic amines is 1. The maximum atomic E-state index is 11.9. The highest BCUT2D eigenvalue weighted by Crippen LogP contribution is 2.57. The topological polar surface area (TPSA) is 144 Å². The van der Waals surface area contributed by atoms with E-state index in [4.69, 9.17) is 9.26 Å². The molecule has 10 nitrogen and oxygen atoms in total. The molecule has 0 spiro atoms. The molecule has 0 radical (unpaired) electrons. The van der Waals surface area contributed by atoms with E-state index in [1.807, 2.05) is 6.07 Å². The SMILES string of the molecule is C[C@@]1(C#N)[C@@H]2OP(=O)(O)OC[C@H]2O[C@H]1n1ccc(=O)[nH]c1=O. The van der Waals surface area contributed by atoms with E-state index < -0.39 is 42.9 Å². The summed E-state index contributed by atoms with van der Waals surface area (Å²) in [5, 5.41) is 9.50. The van der Waals surface area contributed by atoms with Crippen molar-refractivity contribution in [2.24, 2.45) is 5.41 Å². The van der Waals surface area contributed by atoms with Gasteiger partial charge in [0.1, 0.15) is 17.6 Å². The van der Waals surface area contributed by atoms with Crippen LogP contribution in [-0.2, 0) is 18.3 Å². The van der Waals surface area contributed by atoms with Crippen molar-refractivity contribution in [3.8, 4) is 6.07 Å². The first kappa shape index (κ1) is 15.1. The predicted molar refractivity (Wildman–Crippen MR) is 69.6 cm³/mol. The Morgan fingerprint density at radius 2 is 2.32 bits per heavy atom. The van der Waals surface area contributed by atoms with Gasteiger partial charge in [-0.15, -0.1) is 0 Å². The number of hydrogen-bond donors (Lipinski definition) is 2. The van der Waals surface area contributed by atoms with Crippen LogP contribution in [0.5, 0.6) is 0 Å². The predicted octanol–water partition coefficient (Wildman–Crippen LogP) is -0.520. The first-order valence-electron chi connectivity index (χ1n) is 6.31. The molecule has 0 amide bonds. The normalized spacial score (nSPS) is 40.9. The zero-order chi connectivity index (χ0) is 16.1. The fourth-order valence-electron chi connectivity index (χ4n) is 2.64. The van der Waals surface area contributed by atoms with Gasteiger partial charge < -0.3 is 9.63 Å². The van der Waals surface area contributed by atoms with Crippen LogP contribution in [0.15, 0.2) is 21.9 Å². The molecule has 3 heterocycles. The van der Waals surface area contributed by atoms with Gasteiger partial charge in [-0.3, -0.25) is 23.4 Å². The van der Waals surface area contributed by atoms with Crippen molar-refractivity contribution in [2.75, 3.05) is 6.61 Å². The molecule has 2 aliphatic rings. The molecule has 0 saturated carbocycles. The molecule has 0 bridgehead atoms. The largest absolute Gasteiger partial charge is 0.472 e. The quantitative estimate of drug-likeness (QED) is 0.655. The number of nitrogens with zero attached hydrogens (tertiary/aromatic N) is 2. The summed E-state index contributed by atoms with van der Waals surface area (Å²) >= 11 is 0. The van der Waals surface area contributed by atoms with Crippen molar-refractivity contribution in [1.29, 1.82) is 5.26 Å². The van der Waals surface area contributed by atoms with E-state index in [1.54, 1.807) is 0 Å². The van der Waals surface area contributed by atoms with Gasteiger partial charge >= 0.3 is 13.5 Å². The molecule has 1 aromatic rings. The lowest BCUT2D eigenvalue weighted by Crippen LogP contribution is -2.43. The minimum atomic E-state index is -4.26. The second-order valence-corrected chi connectivity index (χ2v) is 6.64. The molecule has 2 N–H and O–H groups in total. The minimum absolute atomic E-state index is 0.246. The van der Waals surface area contributed by atoms with Crippen molar-refractivity contribution in [2.45, 2.75) is 25.4 Å². The first-order valence-corrected chi connectivity index (χ1v) is 7.80. The molecular formula is C11H12N3O7P. The second-order valence-electron chi connectivity index (χ2n) is 5.23. The van der Waals surface area contributed by atoms with Crippen LogP contribution in [-0.4, -0.2) is 33.3 Å². The summed E-state index contributed by atoms with van der Waals surface area (Å²) in [7, 11) is -4.26. The Morgan fingerprint density at radius 3 is 2.95 bits per heavy atom. The maximum absolute atomic E-state index is 11.9. The summed E-state index contributed by atoms with van der Waals surface area (Å²) in [5.41, 5.74) is -2.77. The van der Waals surface area contributed by atoms with Gasteiger partial charge in [-0.05, 0) is 6.92 Å². The third-order valence-corrected chi connectivity index (χ3v) is 4.71. The zero-order valence-electron chi connectivity index (χ0n) is 11.3. The van der Waals surface area contributed by atoms with Gasteiger partial charge in [0.2, 0.25) is 0 Å². The van der Waals surface area contributed by atoms with E-state index in [9.17, 15) is 24.3 Å². The summed E-state index contributed by atoms with van der Waals surface area (Å²) in [6.07, 6.45) is -1.75. The van der Waals surface area contributed by atoms with Crippen LogP contribution < -0.4 is 11.2 Å². The Balaban J connectivity index is 2.07. The summed E-state index contributed by atoms with van der Waals surface area (Å²) in [6, 6.07) is 3.09. The molecule has 0 aromatic carbocycles. The van der Waals surface area contributed by atoms with Crippen LogP contribution in [0.2, 0.25) is 0 Å². The third-order valence-electron chi connectivity index (χ3n) is 3.74.